The fourth-order valence-corrected chi connectivity index (χ4v) is 3.54. The molecule has 0 saturated carbocycles. The zero-order valence-electron chi connectivity index (χ0n) is 16.4. The molecular weight excluding hydrogens is 336 g/mol. The van der Waals surface area contributed by atoms with E-state index in [4.69, 9.17) is 4.74 Å². The summed E-state index contributed by atoms with van der Waals surface area (Å²) in [5.41, 5.74) is 4.59. The molecule has 1 atom stereocenters. The number of carbonyl (C=O) groups excluding carboxylic acids is 1. The first-order valence-electron chi connectivity index (χ1n) is 10.0. The summed E-state index contributed by atoms with van der Waals surface area (Å²) in [6, 6.07) is 16.4. The number of hydrogen-bond acceptors (Lipinski definition) is 2. The lowest BCUT2D eigenvalue weighted by Crippen LogP contribution is -2.39. The molecule has 0 aliphatic carbocycles. The Morgan fingerprint density at radius 3 is 2.44 bits per heavy atom. The highest BCUT2D eigenvalue weighted by Crippen LogP contribution is 2.19. The van der Waals surface area contributed by atoms with Crippen LogP contribution in [0.3, 0.4) is 0 Å². The van der Waals surface area contributed by atoms with Gasteiger partial charge in [-0.15, -0.1) is 0 Å². The monoisotopic (exact) mass is 366 g/mol. The highest BCUT2D eigenvalue weighted by molar-refractivity contribution is 5.89. The number of carbonyl (C=O) groups is 1. The van der Waals surface area contributed by atoms with Gasteiger partial charge in [-0.1, -0.05) is 50.2 Å². The summed E-state index contributed by atoms with van der Waals surface area (Å²) >= 11 is 0. The molecule has 2 aromatic carbocycles. The van der Waals surface area contributed by atoms with Crippen molar-refractivity contribution >= 4 is 11.7 Å². The fraction of sp³-hybridized carbons (Fsp3) is 0.435. The van der Waals surface area contributed by atoms with Crippen LogP contribution in [0.25, 0.3) is 0 Å². The number of benzene rings is 2. The third-order valence-electron chi connectivity index (χ3n) is 5.21. The lowest BCUT2D eigenvalue weighted by molar-refractivity contribution is 0.0818. The lowest BCUT2D eigenvalue weighted by Gasteiger charge is -2.27. The van der Waals surface area contributed by atoms with Crippen molar-refractivity contribution in [1.82, 2.24) is 4.90 Å². The van der Waals surface area contributed by atoms with Crippen LogP contribution in [0.2, 0.25) is 0 Å². The highest BCUT2D eigenvalue weighted by Gasteiger charge is 2.23. The minimum absolute atomic E-state index is 0.0688. The number of anilines is 1. The predicted molar refractivity (Wildman–Crippen MR) is 110 cm³/mol. The number of nitrogens with zero attached hydrogens (tertiary/aromatic N) is 1. The molecule has 1 fully saturated rings. The SMILES string of the molecule is CCc1ccc(NC(=O)N(Cc2ccccc2CC)C[C@H]2CCCO2)cc1. The van der Waals surface area contributed by atoms with Crippen LogP contribution in [0, 0.1) is 0 Å². The average molecular weight is 367 g/mol. The predicted octanol–water partition coefficient (Wildman–Crippen LogP) is 5.02. The normalized spacial score (nSPS) is 16.3. The maximum atomic E-state index is 13.0. The van der Waals surface area contributed by atoms with Gasteiger partial charge < -0.3 is 15.0 Å². The Labute approximate surface area is 162 Å². The smallest absolute Gasteiger partial charge is 0.322 e. The minimum Gasteiger partial charge on any atom is -0.376 e. The fourth-order valence-electron chi connectivity index (χ4n) is 3.54. The molecule has 0 bridgehead atoms. The van der Waals surface area contributed by atoms with Gasteiger partial charge in [-0.05, 0) is 54.5 Å². The van der Waals surface area contributed by atoms with Crippen LogP contribution in [0.4, 0.5) is 10.5 Å². The van der Waals surface area contributed by atoms with E-state index in [1.54, 1.807) is 0 Å². The summed E-state index contributed by atoms with van der Waals surface area (Å²) in [5.74, 6) is 0. The standard InChI is InChI=1S/C23H30N2O2/c1-3-18-11-13-21(14-12-18)24-23(26)25(17-22-10-7-15-27-22)16-20-9-6-5-8-19(20)4-2/h5-6,8-9,11-14,22H,3-4,7,10,15-17H2,1-2H3,(H,24,26)/t22-/m1/s1. The van der Waals surface area contributed by atoms with Crippen molar-refractivity contribution in [3.05, 3.63) is 65.2 Å². The first-order chi connectivity index (χ1) is 13.2. The summed E-state index contributed by atoms with van der Waals surface area (Å²) in [6.45, 7) is 6.30. The molecule has 2 aromatic rings. The molecule has 4 heteroatoms. The number of urea groups is 1. The third kappa shape index (κ3) is 5.33. The topological polar surface area (TPSA) is 41.6 Å². The van der Waals surface area contributed by atoms with Crippen molar-refractivity contribution in [1.29, 1.82) is 0 Å². The van der Waals surface area contributed by atoms with Crippen molar-refractivity contribution in [3.8, 4) is 0 Å². The Morgan fingerprint density at radius 2 is 1.81 bits per heavy atom. The molecule has 27 heavy (non-hydrogen) atoms. The summed E-state index contributed by atoms with van der Waals surface area (Å²) in [4.78, 5) is 14.9. The summed E-state index contributed by atoms with van der Waals surface area (Å²) < 4.78 is 5.79. The van der Waals surface area contributed by atoms with Gasteiger partial charge in [-0.25, -0.2) is 4.79 Å². The van der Waals surface area contributed by atoms with Crippen LogP contribution in [0.1, 0.15) is 43.4 Å². The van der Waals surface area contributed by atoms with E-state index in [0.717, 1.165) is 38.0 Å². The van der Waals surface area contributed by atoms with Crippen molar-refractivity contribution in [2.75, 3.05) is 18.5 Å². The number of rotatable bonds is 7. The van der Waals surface area contributed by atoms with Crippen LogP contribution in [0.15, 0.2) is 48.5 Å². The summed E-state index contributed by atoms with van der Waals surface area (Å²) in [5, 5.41) is 3.06. The van der Waals surface area contributed by atoms with Gasteiger partial charge in [0.15, 0.2) is 0 Å². The van der Waals surface area contributed by atoms with Gasteiger partial charge in [0.25, 0.3) is 0 Å². The second-order valence-corrected chi connectivity index (χ2v) is 7.12. The number of hydrogen-bond donors (Lipinski definition) is 1. The van der Waals surface area contributed by atoms with Gasteiger partial charge in [0.05, 0.1) is 6.10 Å². The first kappa shape index (κ1) is 19.4. The van der Waals surface area contributed by atoms with E-state index in [-0.39, 0.29) is 12.1 Å². The van der Waals surface area contributed by atoms with E-state index in [0.29, 0.717) is 13.1 Å². The number of ether oxygens (including phenoxy) is 1. The average Bonchev–Trinajstić information content (AvgIpc) is 3.21. The number of nitrogens with one attached hydrogen (secondary N) is 1. The maximum Gasteiger partial charge on any atom is 0.322 e. The second kappa shape index (κ2) is 9.56. The zero-order valence-corrected chi connectivity index (χ0v) is 16.4. The summed E-state index contributed by atoms with van der Waals surface area (Å²) in [7, 11) is 0. The molecule has 0 aromatic heterocycles. The first-order valence-corrected chi connectivity index (χ1v) is 10.0. The largest absolute Gasteiger partial charge is 0.376 e. The Kier molecular flexibility index (Phi) is 6.88. The van der Waals surface area contributed by atoms with Crippen LogP contribution >= 0.6 is 0 Å². The van der Waals surface area contributed by atoms with Crippen LogP contribution < -0.4 is 5.32 Å². The van der Waals surface area contributed by atoms with E-state index in [9.17, 15) is 4.79 Å². The van der Waals surface area contributed by atoms with Crippen LogP contribution in [-0.2, 0) is 24.1 Å². The molecule has 0 unspecified atom stereocenters. The van der Waals surface area contributed by atoms with Crippen LogP contribution in [0.5, 0.6) is 0 Å². The van der Waals surface area contributed by atoms with Gasteiger partial charge in [-0.3, -0.25) is 0 Å². The highest BCUT2D eigenvalue weighted by atomic mass is 16.5. The molecule has 0 spiro atoms. The molecule has 1 aliphatic heterocycles. The second-order valence-electron chi connectivity index (χ2n) is 7.12. The summed E-state index contributed by atoms with van der Waals surface area (Å²) in [6.07, 6.45) is 4.18. The van der Waals surface area contributed by atoms with Gasteiger partial charge in [0.2, 0.25) is 0 Å². The van der Waals surface area contributed by atoms with Crippen molar-refractivity contribution < 1.29 is 9.53 Å². The van der Waals surface area contributed by atoms with Crippen LogP contribution in [-0.4, -0.2) is 30.2 Å². The Morgan fingerprint density at radius 1 is 1.07 bits per heavy atom. The van der Waals surface area contributed by atoms with Crippen molar-refractivity contribution in [2.45, 2.75) is 52.2 Å². The molecular formula is C23H30N2O2. The Hall–Kier alpha value is -2.33. The molecule has 0 radical (unpaired) electrons. The molecule has 1 aliphatic rings. The number of aryl methyl sites for hydroxylation is 2. The third-order valence-corrected chi connectivity index (χ3v) is 5.21. The molecule has 1 saturated heterocycles. The zero-order chi connectivity index (χ0) is 19.1. The van der Waals surface area contributed by atoms with Gasteiger partial charge in [0.1, 0.15) is 0 Å². The van der Waals surface area contributed by atoms with E-state index in [2.05, 4.69) is 49.5 Å². The number of amides is 2. The molecule has 1 N–H and O–H groups in total. The molecule has 144 valence electrons. The quantitative estimate of drug-likeness (QED) is 0.747. The maximum absolute atomic E-state index is 13.0. The Bertz CT molecular complexity index is 736. The van der Waals surface area contributed by atoms with Gasteiger partial charge in [0, 0.05) is 25.4 Å². The van der Waals surface area contributed by atoms with Gasteiger partial charge >= 0.3 is 6.03 Å². The van der Waals surface area contributed by atoms with E-state index in [1.807, 2.05) is 23.1 Å². The lowest BCUT2D eigenvalue weighted by atomic mass is 10.0. The minimum atomic E-state index is -0.0688. The molecule has 4 nitrogen and oxygen atoms in total. The molecule has 2 amide bonds. The van der Waals surface area contributed by atoms with E-state index < -0.39 is 0 Å². The van der Waals surface area contributed by atoms with Crippen molar-refractivity contribution in [3.63, 3.8) is 0 Å². The van der Waals surface area contributed by atoms with Crippen molar-refractivity contribution in [2.24, 2.45) is 0 Å². The van der Waals surface area contributed by atoms with E-state index in [1.165, 1.54) is 16.7 Å². The Balaban J connectivity index is 1.74. The van der Waals surface area contributed by atoms with Gasteiger partial charge in [-0.2, -0.15) is 0 Å². The molecule has 1 heterocycles. The molecule has 3 rings (SSSR count). The van der Waals surface area contributed by atoms with E-state index >= 15 is 0 Å².